The first-order valence-electron chi connectivity index (χ1n) is 10.6. The average molecular weight is 450 g/mol. The summed E-state index contributed by atoms with van der Waals surface area (Å²) in [5, 5.41) is 5.13. The molecule has 0 bridgehead atoms. The van der Waals surface area contributed by atoms with Gasteiger partial charge in [-0.15, -0.1) is 0 Å². The van der Waals surface area contributed by atoms with Crippen molar-refractivity contribution in [2.24, 2.45) is 0 Å². The lowest BCUT2D eigenvalue weighted by molar-refractivity contribution is 0.0985. The Morgan fingerprint density at radius 3 is 2.59 bits per heavy atom. The monoisotopic (exact) mass is 449 g/mol. The number of thiol groups is 1. The van der Waals surface area contributed by atoms with E-state index in [1.807, 2.05) is 48.5 Å². The molecule has 2 amide bonds. The zero-order valence-electron chi connectivity index (χ0n) is 18.2. The van der Waals surface area contributed by atoms with E-state index in [-0.39, 0.29) is 17.3 Å². The van der Waals surface area contributed by atoms with E-state index >= 15 is 0 Å². The van der Waals surface area contributed by atoms with Crippen LogP contribution < -0.4 is 15.5 Å². The third-order valence-corrected chi connectivity index (χ3v) is 5.98. The van der Waals surface area contributed by atoms with E-state index in [9.17, 15) is 4.79 Å². The number of amides is 2. The van der Waals surface area contributed by atoms with Crippen molar-refractivity contribution in [1.82, 2.24) is 15.3 Å². The summed E-state index contributed by atoms with van der Waals surface area (Å²) in [6, 6.07) is 19.6. The SMILES string of the molecule is CNC(=O)Nc1ccc(-c2nc(C(S)c3ccccc3)cc(N3CCOC[C@@H]3C)n2)cc1. The second kappa shape index (κ2) is 10.0. The first-order valence-corrected chi connectivity index (χ1v) is 11.1. The second-order valence-corrected chi connectivity index (χ2v) is 8.20. The maximum Gasteiger partial charge on any atom is 0.318 e. The number of carbonyl (C=O) groups is 1. The summed E-state index contributed by atoms with van der Waals surface area (Å²) in [6.45, 7) is 4.24. The van der Waals surface area contributed by atoms with Crippen molar-refractivity contribution < 1.29 is 9.53 Å². The quantitative estimate of drug-likeness (QED) is 0.510. The summed E-state index contributed by atoms with van der Waals surface area (Å²) in [7, 11) is 1.58. The molecule has 2 heterocycles. The van der Waals surface area contributed by atoms with Crippen molar-refractivity contribution in [3.05, 3.63) is 71.9 Å². The van der Waals surface area contributed by atoms with Crippen LogP contribution in [0.3, 0.4) is 0 Å². The van der Waals surface area contributed by atoms with Crippen LogP contribution in [0.25, 0.3) is 11.4 Å². The lowest BCUT2D eigenvalue weighted by atomic mass is 10.1. The smallest absolute Gasteiger partial charge is 0.318 e. The van der Waals surface area contributed by atoms with E-state index in [2.05, 4.69) is 34.6 Å². The molecule has 166 valence electrons. The van der Waals surface area contributed by atoms with E-state index in [4.69, 9.17) is 27.3 Å². The lowest BCUT2D eigenvalue weighted by Gasteiger charge is -2.34. The molecule has 1 unspecified atom stereocenters. The first-order chi connectivity index (χ1) is 15.5. The van der Waals surface area contributed by atoms with Gasteiger partial charge in [-0.25, -0.2) is 14.8 Å². The molecule has 1 aliphatic heterocycles. The Balaban J connectivity index is 1.72. The highest BCUT2D eigenvalue weighted by Gasteiger charge is 2.23. The van der Waals surface area contributed by atoms with Crippen LogP contribution in [0.15, 0.2) is 60.7 Å². The molecule has 8 heteroatoms. The number of carbonyl (C=O) groups excluding carboxylic acids is 1. The van der Waals surface area contributed by atoms with E-state index in [0.29, 0.717) is 24.7 Å². The van der Waals surface area contributed by atoms with E-state index < -0.39 is 0 Å². The minimum atomic E-state index is -0.264. The van der Waals surface area contributed by atoms with Gasteiger partial charge >= 0.3 is 6.03 Å². The number of anilines is 2. The molecule has 0 spiro atoms. The molecular formula is C24H27N5O2S. The third kappa shape index (κ3) is 5.03. The summed E-state index contributed by atoms with van der Waals surface area (Å²) >= 11 is 4.88. The van der Waals surface area contributed by atoms with Crippen LogP contribution in [0.1, 0.15) is 23.4 Å². The van der Waals surface area contributed by atoms with Crippen molar-refractivity contribution in [2.75, 3.05) is 37.0 Å². The third-order valence-electron chi connectivity index (χ3n) is 5.42. The van der Waals surface area contributed by atoms with Gasteiger partial charge in [-0.2, -0.15) is 12.6 Å². The predicted molar refractivity (Wildman–Crippen MR) is 130 cm³/mol. The number of aromatic nitrogens is 2. The van der Waals surface area contributed by atoms with Crippen molar-refractivity contribution in [2.45, 2.75) is 18.2 Å². The minimum absolute atomic E-state index is 0.178. The summed E-state index contributed by atoms with van der Waals surface area (Å²) in [5.74, 6) is 1.49. The number of benzene rings is 2. The largest absolute Gasteiger partial charge is 0.377 e. The lowest BCUT2D eigenvalue weighted by Crippen LogP contribution is -2.44. The Hall–Kier alpha value is -3.10. The van der Waals surface area contributed by atoms with Crippen LogP contribution >= 0.6 is 12.6 Å². The molecule has 1 aromatic heterocycles. The van der Waals surface area contributed by atoms with Gasteiger partial charge in [0.1, 0.15) is 5.82 Å². The fourth-order valence-corrected chi connectivity index (χ4v) is 3.94. The molecule has 4 rings (SSSR count). The normalized spacial score (nSPS) is 17.0. The van der Waals surface area contributed by atoms with Gasteiger partial charge in [0.05, 0.1) is 30.2 Å². The number of nitrogens with one attached hydrogen (secondary N) is 2. The highest BCUT2D eigenvalue weighted by Crippen LogP contribution is 2.32. The standard InChI is InChI=1S/C24H27N5O2S/c1-16-15-31-13-12-29(16)21-14-20(22(32)17-6-4-3-5-7-17)27-23(28-21)18-8-10-19(11-9-18)26-24(30)25-2/h3-11,14,16,22,32H,12-13,15H2,1-2H3,(H2,25,26,30)/t16-,22?/m0/s1. The van der Waals surface area contributed by atoms with Gasteiger partial charge in [0.2, 0.25) is 0 Å². The van der Waals surface area contributed by atoms with Crippen LogP contribution in [0.5, 0.6) is 0 Å². The Morgan fingerprint density at radius 1 is 1.16 bits per heavy atom. The molecule has 2 N–H and O–H groups in total. The van der Waals surface area contributed by atoms with Crippen LogP contribution in [0.4, 0.5) is 16.3 Å². The Labute approximate surface area is 193 Å². The molecule has 1 aliphatic rings. The number of ether oxygens (including phenoxy) is 1. The number of morpholine rings is 1. The molecule has 7 nitrogen and oxygen atoms in total. The van der Waals surface area contributed by atoms with Gasteiger partial charge < -0.3 is 20.3 Å². The summed E-state index contributed by atoms with van der Waals surface area (Å²) in [5.41, 5.74) is 3.48. The zero-order valence-corrected chi connectivity index (χ0v) is 19.0. The molecule has 0 saturated carbocycles. The molecule has 2 atom stereocenters. The Bertz CT molecular complexity index is 1060. The maximum atomic E-state index is 11.6. The Morgan fingerprint density at radius 2 is 1.91 bits per heavy atom. The number of urea groups is 1. The van der Waals surface area contributed by atoms with E-state index in [0.717, 1.165) is 29.2 Å². The summed E-state index contributed by atoms with van der Waals surface area (Å²) in [6.07, 6.45) is 0. The highest BCUT2D eigenvalue weighted by molar-refractivity contribution is 7.80. The van der Waals surface area contributed by atoms with Gasteiger partial charge in [0.15, 0.2) is 5.82 Å². The van der Waals surface area contributed by atoms with Gasteiger partial charge in [-0.1, -0.05) is 30.3 Å². The Kier molecular flexibility index (Phi) is 6.92. The predicted octanol–water partition coefficient (Wildman–Crippen LogP) is 4.14. The van der Waals surface area contributed by atoms with Crippen molar-refractivity contribution >= 4 is 30.2 Å². The summed E-state index contributed by atoms with van der Waals surface area (Å²) in [4.78, 5) is 23.6. The van der Waals surface area contributed by atoms with Crippen LogP contribution in [-0.2, 0) is 4.74 Å². The van der Waals surface area contributed by atoms with Crippen molar-refractivity contribution in [3.8, 4) is 11.4 Å². The fraction of sp³-hybridized carbons (Fsp3) is 0.292. The molecule has 32 heavy (non-hydrogen) atoms. The average Bonchev–Trinajstić information content (AvgIpc) is 2.84. The fourth-order valence-electron chi connectivity index (χ4n) is 3.64. The first kappa shape index (κ1) is 22.1. The molecule has 0 radical (unpaired) electrons. The van der Waals surface area contributed by atoms with Gasteiger partial charge in [-0.05, 0) is 36.8 Å². The molecule has 0 aliphatic carbocycles. The number of hydrogen-bond acceptors (Lipinski definition) is 6. The molecule has 2 aromatic carbocycles. The topological polar surface area (TPSA) is 79.4 Å². The molecule has 1 saturated heterocycles. The highest BCUT2D eigenvalue weighted by atomic mass is 32.1. The van der Waals surface area contributed by atoms with E-state index in [1.54, 1.807) is 7.05 Å². The number of rotatable bonds is 5. The molecular weight excluding hydrogens is 422 g/mol. The number of hydrogen-bond donors (Lipinski definition) is 3. The zero-order chi connectivity index (χ0) is 22.5. The van der Waals surface area contributed by atoms with Gasteiger partial charge in [-0.3, -0.25) is 0 Å². The molecule has 3 aromatic rings. The molecule has 1 fully saturated rings. The number of nitrogens with zero attached hydrogens (tertiary/aromatic N) is 3. The second-order valence-electron chi connectivity index (χ2n) is 7.69. The van der Waals surface area contributed by atoms with E-state index in [1.165, 1.54) is 0 Å². The minimum Gasteiger partial charge on any atom is -0.377 e. The van der Waals surface area contributed by atoms with Crippen LogP contribution in [-0.4, -0.2) is 48.8 Å². The van der Waals surface area contributed by atoms with Gasteiger partial charge in [0.25, 0.3) is 0 Å². The van der Waals surface area contributed by atoms with Crippen LogP contribution in [0.2, 0.25) is 0 Å². The van der Waals surface area contributed by atoms with Gasteiger partial charge in [0, 0.05) is 30.9 Å². The van der Waals surface area contributed by atoms with Crippen molar-refractivity contribution in [1.29, 1.82) is 0 Å². The summed E-state index contributed by atoms with van der Waals surface area (Å²) < 4.78 is 5.61. The van der Waals surface area contributed by atoms with Crippen LogP contribution in [0, 0.1) is 0 Å². The van der Waals surface area contributed by atoms with Crippen molar-refractivity contribution in [3.63, 3.8) is 0 Å². The maximum absolute atomic E-state index is 11.6.